The van der Waals surface area contributed by atoms with Crippen LogP contribution in [0.2, 0.25) is 0 Å². The number of halogens is 2. The number of hydrogen-bond donors (Lipinski definition) is 2. The molecule has 4 nitrogen and oxygen atoms in total. The predicted molar refractivity (Wildman–Crippen MR) is 81.2 cm³/mol. The lowest BCUT2D eigenvalue weighted by atomic mass is 10.2. The Morgan fingerprint density at radius 2 is 1.90 bits per heavy atom. The summed E-state index contributed by atoms with van der Waals surface area (Å²) in [5.74, 6) is -0.531. The van der Waals surface area contributed by atoms with Crippen molar-refractivity contribution in [1.29, 1.82) is 0 Å². The van der Waals surface area contributed by atoms with E-state index in [1.807, 2.05) is 18.4 Å². The highest BCUT2D eigenvalue weighted by atomic mass is 32.1. The average molecular weight is 306 g/mol. The zero-order valence-corrected chi connectivity index (χ0v) is 12.0. The molecule has 2 N–H and O–H groups in total. The molecule has 0 saturated carbocycles. The molecule has 7 heteroatoms. The van der Waals surface area contributed by atoms with Crippen molar-refractivity contribution in [2.45, 2.75) is 6.92 Å². The first-order chi connectivity index (χ1) is 10.2. The van der Waals surface area contributed by atoms with Crippen LogP contribution in [-0.4, -0.2) is 16.5 Å². The van der Waals surface area contributed by atoms with Gasteiger partial charge in [-0.25, -0.2) is 13.8 Å². The van der Waals surface area contributed by atoms with Gasteiger partial charge in [0.2, 0.25) is 5.95 Å². The lowest BCUT2D eigenvalue weighted by molar-refractivity contribution is 0.590. The van der Waals surface area contributed by atoms with Gasteiger partial charge in [-0.15, -0.1) is 11.3 Å². The summed E-state index contributed by atoms with van der Waals surface area (Å²) in [5, 5.41) is 8.32. The molecule has 2 aromatic heterocycles. The fourth-order valence-electron chi connectivity index (χ4n) is 1.92. The Kier molecular flexibility index (Phi) is 3.66. The van der Waals surface area contributed by atoms with Crippen molar-refractivity contribution in [1.82, 2.24) is 9.97 Å². The summed E-state index contributed by atoms with van der Waals surface area (Å²) in [6.07, 6.45) is 0. The van der Waals surface area contributed by atoms with E-state index >= 15 is 0 Å². The number of para-hydroxylation sites is 1. The average Bonchev–Trinajstić information content (AvgIpc) is 2.92. The fourth-order valence-corrected chi connectivity index (χ4v) is 2.69. The van der Waals surface area contributed by atoms with Gasteiger partial charge in [0, 0.05) is 6.54 Å². The highest BCUT2D eigenvalue weighted by Crippen LogP contribution is 2.30. The van der Waals surface area contributed by atoms with E-state index in [2.05, 4.69) is 20.6 Å². The highest BCUT2D eigenvalue weighted by molar-refractivity contribution is 7.16. The van der Waals surface area contributed by atoms with E-state index in [9.17, 15) is 8.78 Å². The molecule has 0 bridgehead atoms. The van der Waals surface area contributed by atoms with Crippen LogP contribution in [0.3, 0.4) is 0 Å². The minimum absolute atomic E-state index is 0.217. The summed E-state index contributed by atoms with van der Waals surface area (Å²) in [6, 6.07) is 5.53. The van der Waals surface area contributed by atoms with Gasteiger partial charge in [-0.05, 0) is 30.5 Å². The van der Waals surface area contributed by atoms with Crippen LogP contribution in [0, 0.1) is 11.6 Å². The summed E-state index contributed by atoms with van der Waals surface area (Å²) in [7, 11) is 0. The van der Waals surface area contributed by atoms with Crippen molar-refractivity contribution in [2.75, 3.05) is 17.2 Å². The summed E-state index contributed by atoms with van der Waals surface area (Å²) in [4.78, 5) is 9.37. The third-order valence-corrected chi connectivity index (χ3v) is 3.67. The second-order valence-electron chi connectivity index (χ2n) is 4.29. The first kappa shape index (κ1) is 13.7. The Bertz CT molecular complexity index is 767. The maximum atomic E-state index is 13.8. The number of nitrogens with zero attached hydrogens (tertiary/aromatic N) is 2. The molecule has 0 amide bonds. The van der Waals surface area contributed by atoms with Crippen molar-refractivity contribution in [3.05, 3.63) is 41.3 Å². The third-order valence-electron chi connectivity index (χ3n) is 2.87. The van der Waals surface area contributed by atoms with E-state index in [0.29, 0.717) is 18.3 Å². The van der Waals surface area contributed by atoms with E-state index in [1.54, 1.807) is 0 Å². The van der Waals surface area contributed by atoms with Crippen LogP contribution >= 0.6 is 11.3 Å². The number of anilines is 3. The number of thiophene rings is 1. The van der Waals surface area contributed by atoms with Gasteiger partial charge in [-0.1, -0.05) is 6.07 Å². The molecule has 0 aliphatic heterocycles. The summed E-state index contributed by atoms with van der Waals surface area (Å²) in [5.41, 5.74) is -0.217. The van der Waals surface area contributed by atoms with Crippen molar-refractivity contribution < 1.29 is 8.78 Å². The molecule has 0 aliphatic carbocycles. The van der Waals surface area contributed by atoms with Gasteiger partial charge < -0.3 is 10.6 Å². The quantitative estimate of drug-likeness (QED) is 0.760. The molecular formula is C14H12F2N4S. The van der Waals surface area contributed by atoms with E-state index in [0.717, 1.165) is 10.2 Å². The van der Waals surface area contributed by atoms with E-state index in [-0.39, 0.29) is 5.69 Å². The molecule has 0 unspecified atom stereocenters. The normalized spacial score (nSPS) is 10.8. The Labute approximate surface area is 123 Å². The van der Waals surface area contributed by atoms with Crippen LogP contribution in [0.1, 0.15) is 6.92 Å². The van der Waals surface area contributed by atoms with Crippen LogP contribution in [-0.2, 0) is 0 Å². The monoisotopic (exact) mass is 306 g/mol. The molecule has 108 valence electrons. The highest BCUT2D eigenvalue weighted by Gasteiger charge is 2.13. The fraction of sp³-hybridized carbons (Fsp3) is 0.143. The van der Waals surface area contributed by atoms with Crippen molar-refractivity contribution >= 4 is 39.0 Å². The van der Waals surface area contributed by atoms with Crippen LogP contribution in [0.4, 0.5) is 26.2 Å². The van der Waals surface area contributed by atoms with E-state index < -0.39 is 11.6 Å². The molecule has 0 fully saturated rings. The zero-order chi connectivity index (χ0) is 14.8. The summed E-state index contributed by atoms with van der Waals surface area (Å²) >= 11 is 1.44. The van der Waals surface area contributed by atoms with Gasteiger partial charge in [0.15, 0.2) is 0 Å². The first-order valence-electron chi connectivity index (χ1n) is 6.39. The van der Waals surface area contributed by atoms with Gasteiger partial charge in [-0.3, -0.25) is 0 Å². The number of aromatic nitrogens is 2. The molecule has 3 rings (SSSR count). The maximum absolute atomic E-state index is 13.8. The minimum Gasteiger partial charge on any atom is -0.354 e. The molecule has 0 aliphatic rings. The van der Waals surface area contributed by atoms with E-state index in [1.165, 1.54) is 29.5 Å². The molecule has 21 heavy (non-hydrogen) atoms. The summed E-state index contributed by atoms with van der Waals surface area (Å²) < 4.78 is 27.5. The standard InChI is InChI=1S/C14H12F2N4S/c1-2-17-14-19-12(8-6-7-21-13(8)20-14)18-11-9(15)4-3-5-10(11)16/h3-7H,2H2,1H3,(H2,17,18,19,20). The molecule has 3 aromatic rings. The van der Waals surface area contributed by atoms with Crippen LogP contribution in [0.25, 0.3) is 10.2 Å². The van der Waals surface area contributed by atoms with Gasteiger partial charge in [-0.2, -0.15) is 4.98 Å². The number of nitrogens with one attached hydrogen (secondary N) is 2. The number of rotatable bonds is 4. The van der Waals surface area contributed by atoms with Crippen molar-refractivity contribution in [3.63, 3.8) is 0 Å². The predicted octanol–water partition coefficient (Wildman–Crippen LogP) is 4.14. The Morgan fingerprint density at radius 3 is 2.62 bits per heavy atom. The molecule has 0 atom stereocenters. The molecular weight excluding hydrogens is 294 g/mol. The molecule has 0 spiro atoms. The van der Waals surface area contributed by atoms with Crippen LogP contribution in [0.5, 0.6) is 0 Å². The number of fused-ring (bicyclic) bond motifs is 1. The maximum Gasteiger partial charge on any atom is 0.226 e. The van der Waals surface area contributed by atoms with Gasteiger partial charge in [0.05, 0.1) is 5.39 Å². The second kappa shape index (κ2) is 5.61. The minimum atomic E-state index is -0.665. The Hall–Kier alpha value is -2.28. The zero-order valence-electron chi connectivity index (χ0n) is 11.2. The topological polar surface area (TPSA) is 49.8 Å². The smallest absolute Gasteiger partial charge is 0.226 e. The van der Waals surface area contributed by atoms with Gasteiger partial charge >= 0.3 is 0 Å². The first-order valence-corrected chi connectivity index (χ1v) is 7.27. The third kappa shape index (κ3) is 2.64. The van der Waals surface area contributed by atoms with Crippen LogP contribution < -0.4 is 10.6 Å². The van der Waals surface area contributed by atoms with Crippen LogP contribution in [0.15, 0.2) is 29.6 Å². The van der Waals surface area contributed by atoms with Gasteiger partial charge in [0.1, 0.15) is 28.0 Å². The number of hydrogen-bond acceptors (Lipinski definition) is 5. The molecule has 1 aromatic carbocycles. The second-order valence-corrected chi connectivity index (χ2v) is 5.18. The lowest BCUT2D eigenvalue weighted by Crippen LogP contribution is -2.05. The molecule has 0 radical (unpaired) electrons. The molecule has 2 heterocycles. The summed E-state index contributed by atoms with van der Waals surface area (Å²) in [6.45, 7) is 2.58. The Morgan fingerprint density at radius 1 is 1.14 bits per heavy atom. The molecule has 0 saturated heterocycles. The van der Waals surface area contributed by atoms with Crippen molar-refractivity contribution in [2.24, 2.45) is 0 Å². The van der Waals surface area contributed by atoms with E-state index in [4.69, 9.17) is 0 Å². The van der Waals surface area contributed by atoms with Crippen molar-refractivity contribution in [3.8, 4) is 0 Å². The Balaban J connectivity index is 2.09. The van der Waals surface area contributed by atoms with Gasteiger partial charge in [0.25, 0.3) is 0 Å². The SMILES string of the molecule is CCNc1nc(Nc2c(F)cccc2F)c2ccsc2n1. The largest absolute Gasteiger partial charge is 0.354 e. The number of benzene rings is 1. The lowest BCUT2D eigenvalue weighted by Gasteiger charge is -2.10.